The number of esters is 2. The van der Waals surface area contributed by atoms with E-state index in [0.29, 0.717) is 17.1 Å². The van der Waals surface area contributed by atoms with Crippen molar-refractivity contribution < 1.29 is 28.6 Å². The van der Waals surface area contributed by atoms with Crippen molar-refractivity contribution in [3.63, 3.8) is 0 Å². The van der Waals surface area contributed by atoms with Gasteiger partial charge in [0, 0.05) is 23.7 Å². The molecule has 2 aliphatic carbocycles. The molecule has 1 aromatic rings. The Morgan fingerprint density at radius 3 is 2.50 bits per heavy atom. The number of carbonyl (C=O) groups is 3. The van der Waals surface area contributed by atoms with Crippen molar-refractivity contribution in [3.8, 4) is 0 Å². The van der Waals surface area contributed by atoms with Gasteiger partial charge in [-0.05, 0) is 39.2 Å². The molecule has 0 spiro atoms. The summed E-state index contributed by atoms with van der Waals surface area (Å²) in [5.41, 5.74) is -1.23. The van der Waals surface area contributed by atoms with Gasteiger partial charge in [0.1, 0.15) is 10.8 Å². The van der Waals surface area contributed by atoms with E-state index in [4.69, 9.17) is 21.1 Å². The molecule has 5 rings (SSSR count). The molecule has 4 fully saturated rings. The third-order valence-electron chi connectivity index (χ3n) is 5.67. The van der Waals surface area contributed by atoms with E-state index < -0.39 is 35.3 Å². The lowest BCUT2D eigenvalue weighted by Crippen LogP contribution is -2.48. The fourth-order valence-electron chi connectivity index (χ4n) is 4.80. The molecule has 0 N–H and O–H groups in total. The maximum absolute atomic E-state index is 12.8. The van der Waals surface area contributed by atoms with E-state index in [1.54, 1.807) is 37.8 Å². The molecule has 9 heteroatoms. The van der Waals surface area contributed by atoms with Crippen molar-refractivity contribution in [1.82, 2.24) is 9.88 Å². The van der Waals surface area contributed by atoms with E-state index in [2.05, 4.69) is 9.72 Å². The third-order valence-corrected chi connectivity index (χ3v) is 5.89. The maximum Gasteiger partial charge on any atom is 0.418 e. The van der Waals surface area contributed by atoms with Crippen LogP contribution >= 0.6 is 11.6 Å². The minimum absolute atomic E-state index is 0.0963. The zero-order chi connectivity index (χ0) is 20.4. The van der Waals surface area contributed by atoms with Gasteiger partial charge in [-0.15, -0.1) is 0 Å². The largest absolute Gasteiger partial charge is 0.461 e. The Balaban J connectivity index is 1.72. The van der Waals surface area contributed by atoms with Gasteiger partial charge >= 0.3 is 18.0 Å². The fourth-order valence-corrected chi connectivity index (χ4v) is 4.92. The van der Waals surface area contributed by atoms with E-state index in [0.717, 1.165) is 7.11 Å². The highest BCUT2D eigenvalue weighted by molar-refractivity contribution is 6.30. The minimum Gasteiger partial charge on any atom is -0.461 e. The lowest BCUT2D eigenvalue weighted by atomic mass is 9.88. The summed E-state index contributed by atoms with van der Waals surface area (Å²) in [6, 6.07) is 2.76. The fraction of sp³-hybridized carbons (Fsp3) is 0.579. The van der Waals surface area contributed by atoms with Crippen LogP contribution in [0.15, 0.2) is 18.3 Å². The molecule has 2 saturated carbocycles. The van der Waals surface area contributed by atoms with Crippen LogP contribution in [0, 0.1) is 11.8 Å². The summed E-state index contributed by atoms with van der Waals surface area (Å²) >= 11 is 5.91. The first-order chi connectivity index (χ1) is 13.1. The van der Waals surface area contributed by atoms with Crippen LogP contribution in [0.1, 0.15) is 32.8 Å². The molecule has 3 heterocycles. The van der Waals surface area contributed by atoms with E-state index in [-0.39, 0.29) is 17.9 Å². The van der Waals surface area contributed by atoms with Gasteiger partial charge in [-0.1, -0.05) is 17.7 Å². The van der Waals surface area contributed by atoms with Crippen LogP contribution in [-0.4, -0.2) is 52.7 Å². The van der Waals surface area contributed by atoms with Crippen LogP contribution in [0.25, 0.3) is 0 Å². The Morgan fingerprint density at radius 1 is 1.25 bits per heavy atom. The zero-order valence-electron chi connectivity index (χ0n) is 16.0. The first-order valence-electron chi connectivity index (χ1n) is 9.05. The Morgan fingerprint density at radius 2 is 1.96 bits per heavy atom. The number of ether oxygens (including phenoxy) is 3. The molecular weight excluding hydrogens is 388 g/mol. The summed E-state index contributed by atoms with van der Waals surface area (Å²) in [6.45, 7) is 5.39. The van der Waals surface area contributed by atoms with Gasteiger partial charge in [0.2, 0.25) is 0 Å². The van der Waals surface area contributed by atoms with Gasteiger partial charge in [-0.25, -0.2) is 19.4 Å². The normalized spacial score (nSPS) is 32.1. The SMILES string of the molecule is COC(=O)C(=O)O[C@]1(c2ccc(Cl)nc2)C2C3C[C@H]1N(C(=O)OC(C)(C)C)[C@@H]32. The van der Waals surface area contributed by atoms with E-state index in [1.165, 1.54) is 6.20 Å². The molecule has 4 aliphatic rings. The van der Waals surface area contributed by atoms with Crippen LogP contribution in [-0.2, 0) is 29.4 Å². The average molecular weight is 409 g/mol. The number of hydrogen-bond acceptors (Lipinski definition) is 7. The van der Waals surface area contributed by atoms with Gasteiger partial charge in [0.05, 0.1) is 13.2 Å². The molecule has 2 aliphatic heterocycles. The quantitative estimate of drug-likeness (QED) is 0.320. The summed E-state index contributed by atoms with van der Waals surface area (Å²) < 4.78 is 15.8. The highest BCUT2D eigenvalue weighted by Crippen LogP contribution is 2.73. The standard InChI is InChI=1S/C19H21ClN2O6/c1-18(2,3)28-17(25)22-11-7-10-13(14(10)22)19(11,27-16(24)15(23)26-4)9-5-6-12(20)21-8-9/h5-6,8,10-11,13-14H,7H2,1-4H3/t10?,11-,13?,14+,19+/m1/s1. The topological polar surface area (TPSA) is 95.0 Å². The first kappa shape index (κ1) is 19.0. The Bertz CT molecular complexity index is 851. The Hall–Kier alpha value is -2.35. The molecule has 0 aromatic carbocycles. The van der Waals surface area contributed by atoms with Gasteiger partial charge in [-0.3, -0.25) is 4.90 Å². The van der Waals surface area contributed by atoms with Gasteiger partial charge in [0.15, 0.2) is 5.60 Å². The monoisotopic (exact) mass is 408 g/mol. The highest BCUT2D eigenvalue weighted by Gasteiger charge is 2.83. The molecule has 1 amide bonds. The van der Waals surface area contributed by atoms with E-state index in [1.807, 2.05) is 0 Å². The lowest BCUT2D eigenvalue weighted by molar-refractivity contribution is -0.179. The summed E-state index contributed by atoms with van der Waals surface area (Å²) in [5, 5.41) is 0.292. The van der Waals surface area contributed by atoms with Crippen molar-refractivity contribution in [2.75, 3.05) is 7.11 Å². The van der Waals surface area contributed by atoms with Crippen molar-refractivity contribution in [1.29, 1.82) is 0 Å². The molecule has 28 heavy (non-hydrogen) atoms. The average Bonchev–Trinajstić information content (AvgIpc) is 2.93. The number of methoxy groups -OCH3 is 1. The van der Waals surface area contributed by atoms with Crippen molar-refractivity contribution in [2.45, 2.75) is 50.5 Å². The highest BCUT2D eigenvalue weighted by atomic mass is 35.5. The second-order valence-electron chi connectivity index (χ2n) is 8.36. The van der Waals surface area contributed by atoms with Gasteiger partial charge in [-0.2, -0.15) is 0 Å². The number of hydrogen-bond donors (Lipinski definition) is 0. The van der Waals surface area contributed by atoms with Crippen LogP contribution in [0.3, 0.4) is 0 Å². The number of pyridine rings is 1. The minimum atomic E-state index is -1.17. The summed E-state index contributed by atoms with van der Waals surface area (Å²) in [6.07, 6.45) is 1.73. The van der Waals surface area contributed by atoms with E-state index >= 15 is 0 Å². The smallest absolute Gasteiger partial charge is 0.418 e. The van der Waals surface area contributed by atoms with Crippen LogP contribution in [0.5, 0.6) is 0 Å². The van der Waals surface area contributed by atoms with Gasteiger partial charge in [0.25, 0.3) is 0 Å². The summed E-state index contributed by atoms with van der Waals surface area (Å²) in [4.78, 5) is 42.6. The number of aromatic nitrogens is 1. The number of nitrogens with zero attached hydrogens (tertiary/aromatic N) is 2. The second-order valence-corrected chi connectivity index (χ2v) is 8.75. The number of piperidine rings is 2. The molecular formula is C19H21ClN2O6. The van der Waals surface area contributed by atoms with Gasteiger partial charge < -0.3 is 14.2 Å². The van der Waals surface area contributed by atoms with Crippen LogP contribution in [0.4, 0.5) is 4.79 Å². The maximum atomic E-state index is 12.8. The predicted octanol–water partition coefficient (Wildman–Crippen LogP) is 2.28. The Labute approximate surface area is 167 Å². The number of carbonyl (C=O) groups excluding carboxylic acids is 3. The zero-order valence-corrected chi connectivity index (χ0v) is 16.7. The van der Waals surface area contributed by atoms with Crippen LogP contribution in [0.2, 0.25) is 5.15 Å². The van der Waals surface area contributed by atoms with Crippen molar-refractivity contribution in [2.24, 2.45) is 11.8 Å². The molecule has 0 radical (unpaired) electrons. The molecule has 2 unspecified atom stereocenters. The first-order valence-corrected chi connectivity index (χ1v) is 9.42. The molecule has 5 atom stereocenters. The lowest BCUT2D eigenvalue weighted by Gasteiger charge is -2.35. The number of rotatable bonds is 2. The van der Waals surface area contributed by atoms with Crippen LogP contribution < -0.4 is 0 Å². The molecule has 8 nitrogen and oxygen atoms in total. The molecule has 150 valence electrons. The summed E-state index contributed by atoms with van der Waals surface area (Å²) in [5.74, 6) is -2.13. The second kappa shape index (κ2) is 6.07. The predicted molar refractivity (Wildman–Crippen MR) is 96.3 cm³/mol. The third kappa shape index (κ3) is 2.65. The van der Waals surface area contributed by atoms with Crippen molar-refractivity contribution >= 4 is 29.6 Å². The molecule has 2 saturated heterocycles. The van der Waals surface area contributed by atoms with Crippen molar-refractivity contribution in [3.05, 3.63) is 29.0 Å². The summed E-state index contributed by atoms with van der Waals surface area (Å²) in [7, 11) is 1.11. The van der Waals surface area contributed by atoms with E-state index in [9.17, 15) is 14.4 Å². The Kier molecular flexibility index (Phi) is 4.12. The molecule has 4 bridgehead atoms. The number of halogens is 1. The number of amides is 1. The molecule has 1 aromatic heterocycles.